The Morgan fingerprint density at radius 3 is 1.80 bits per heavy atom. The molecule has 0 aliphatic carbocycles. The predicted octanol–water partition coefficient (Wildman–Crippen LogP) is 2.53. The number of hydrogen-bond donors (Lipinski definition) is 0. The average molecular weight is 129 g/mol. The maximum Gasteiger partial charge on any atom is -0.0294 e. The summed E-state index contributed by atoms with van der Waals surface area (Å²) in [7, 11) is 6.78. The molecule has 0 amide bonds. The van der Waals surface area contributed by atoms with E-state index in [1.54, 1.807) is 0 Å². The lowest BCUT2D eigenvalue weighted by Gasteiger charge is -1.88. The molecule has 0 saturated carbocycles. The Morgan fingerprint density at radius 2 is 1.80 bits per heavy atom. The number of halogens is 1. The molecule has 0 spiro atoms. The van der Waals surface area contributed by atoms with E-state index in [1.165, 1.54) is 10.6 Å². The van der Waals surface area contributed by atoms with E-state index in [4.69, 9.17) is 10.7 Å². The first-order valence-corrected chi connectivity index (χ1v) is 5.72. The topological polar surface area (TPSA) is 0 Å². The lowest BCUT2D eigenvalue weighted by Crippen LogP contribution is -1.42. The van der Waals surface area contributed by atoms with Gasteiger partial charge in [0.15, 0.2) is 0 Å². The highest BCUT2D eigenvalue weighted by molar-refractivity contribution is 8.66. The van der Waals surface area contributed by atoms with Gasteiger partial charge in [0, 0.05) is 0 Å². The van der Waals surface area contributed by atoms with Crippen molar-refractivity contribution < 1.29 is 0 Å². The Kier molecular flexibility index (Phi) is 3.97. The highest BCUT2D eigenvalue weighted by Gasteiger charge is 1.82. The van der Waals surface area contributed by atoms with Crippen LogP contribution in [0, 0.1) is 0 Å². The SMILES string of the molecule is CP(C)SCl. The van der Waals surface area contributed by atoms with Gasteiger partial charge in [0.25, 0.3) is 0 Å². The fraction of sp³-hybridized carbons (Fsp3) is 1.00. The van der Waals surface area contributed by atoms with Crippen LogP contribution < -0.4 is 0 Å². The minimum atomic E-state index is 0.0838. The van der Waals surface area contributed by atoms with E-state index < -0.39 is 0 Å². The normalized spacial score (nSPS) is 9.60. The highest BCUT2D eigenvalue weighted by atomic mass is 35.7. The van der Waals surface area contributed by atoms with Gasteiger partial charge in [0.1, 0.15) is 0 Å². The predicted molar refractivity (Wildman–Crippen MR) is 32.2 cm³/mol. The second kappa shape index (κ2) is 3.27. The highest BCUT2D eigenvalue weighted by Crippen LogP contribution is 2.44. The molecule has 0 saturated heterocycles. The third-order valence-electron chi connectivity index (χ3n) is 0.138. The molecule has 0 rings (SSSR count). The molecule has 0 aromatic rings. The van der Waals surface area contributed by atoms with Crippen LogP contribution in [0.3, 0.4) is 0 Å². The van der Waals surface area contributed by atoms with Crippen molar-refractivity contribution in [2.45, 2.75) is 0 Å². The van der Waals surface area contributed by atoms with E-state index in [2.05, 4.69) is 13.3 Å². The van der Waals surface area contributed by atoms with Crippen molar-refractivity contribution in [1.82, 2.24) is 0 Å². The van der Waals surface area contributed by atoms with E-state index in [9.17, 15) is 0 Å². The van der Waals surface area contributed by atoms with Crippen LogP contribution in [0.1, 0.15) is 0 Å². The minimum absolute atomic E-state index is 0.0838. The van der Waals surface area contributed by atoms with E-state index in [-0.39, 0.29) is 7.12 Å². The van der Waals surface area contributed by atoms with Gasteiger partial charge in [-0.2, -0.15) is 0 Å². The first kappa shape index (κ1) is 6.07. The van der Waals surface area contributed by atoms with Crippen molar-refractivity contribution >= 4 is 28.4 Å². The Hall–Kier alpha value is 1.07. The largest absolute Gasteiger partial charge is 0.0394 e. The van der Waals surface area contributed by atoms with Crippen molar-refractivity contribution in [2.24, 2.45) is 0 Å². The molecule has 0 unspecified atom stereocenters. The zero-order valence-corrected chi connectivity index (χ0v) is 5.70. The lowest BCUT2D eigenvalue weighted by molar-refractivity contribution is 2.30. The van der Waals surface area contributed by atoms with Crippen LogP contribution in [-0.4, -0.2) is 13.3 Å². The first-order valence-electron chi connectivity index (χ1n) is 1.23. The van der Waals surface area contributed by atoms with Gasteiger partial charge in [-0.25, -0.2) is 0 Å². The van der Waals surface area contributed by atoms with Crippen molar-refractivity contribution in [3.63, 3.8) is 0 Å². The Bertz CT molecular complexity index is 23.6. The van der Waals surface area contributed by atoms with Crippen LogP contribution in [0.2, 0.25) is 0 Å². The van der Waals surface area contributed by atoms with Gasteiger partial charge in [0.2, 0.25) is 0 Å². The molecule has 0 bridgehead atoms. The molecule has 0 radical (unpaired) electrons. The van der Waals surface area contributed by atoms with Crippen LogP contribution in [0.25, 0.3) is 0 Å². The molecule has 0 aromatic carbocycles. The summed E-state index contributed by atoms with van der Waals surface area (Å²) in [5, 5.41) is 0. The molecule has 32 valence electrons. The summed E-state index contributed by atoms with van der Waals surface area (Å²) >= 11 is 0. The van der Waals surface area contributed by atoms with Gasteiger partial charge in [-0.05, 0) is 41.7 Å². The summed E-state index contributed by atoms with van der Waals surface area (Å²) in [6.07, 6.45) is 0. The monoisotopic (exact) mass is 128 g/mol. The third-order valence-corrected chi connectivity index (χ3v) is 3.73. The Morgan fingerprint density at radius 1 is 1.60 bits per heavy atom. The molecule has 5 heavy (non-hydrogen) atoms. The average Bonchev–Trinajstić information content (AvgIpc) is 1.38. The van der Waals surface area contributed by atoms with E-state index in [0.29, 0.717) is 0 Å². The lowest BCUT2D eigenvalue weighted by atomic mass is 11.9. The second-order valence-corrected chi connectivity index (χ2v) is 6.49. The quantitative estimate of drug-likeness (QED) is 0.489. The van der Waals surface area contributed by atoms with Crippen molar-refractivity contribution in [2.75, 3.05) is 13.3 Å². The standard InChI is InChI=1S/C2H6ClPS/c1-4(2)5-3/h1-2H3. The van der Waals surface area contributed by atoms with E-state index >= 15 is 0 Å². The molecule has 0 atom stereocenters. The van der Waals surface area contributed by atoms with Gasteiger partial charge in [-0.1, -0.05) is 0 Å². The first-order chi connectivity index (χ1) is 2.27. The summed E-state index contributed by atoms with van der Waals surface area (Å²) < 4.78 is 0. The van der Waals surface area contributed by atoms with Gasteiger partial charge >= 0.3 is 0 Å². The molecule has 0 fully saturated rings. The number of hydrogen-bond acceptors (Lipinski definition) is 1. The van der Waals surface area contributed by atoms with Crippen LogP contribution in [0.4, 0.5) is 0 Å². The van der Waals surface area contributed by atoms with Gasteiger partial charge in [-0.3, -0.25) is 0 Å². The summed E-state index contributed by atoms with van der Waals surface area (Å²) in [5.74, 6) is 0. The fourth-order valence-electron chi connectivity index (χ4n) is 0. The summed E-state index contributed by atoms with van der Waals surface area (Å²) in [4.78, 5) is 0. The summed E-state index contributed by atoms with van der Waals surface area (Å²) in [6.45, 7) is 4.24. The molecular weight excluding hydrogens is 123 g/mol. The van der Waals surface area contributed by atoms with E-state index in [0.717, 1.165) is 0 Å². The smallest absolute Gasteiger partial charge is 0.0294 e. The van der Waals surface area contributed by atoms with Crippen LogP contribution in [0.5, 0.6) is 0 Å². The molecule has 0 nitrogen and oxygen atoms in total. The Labute approximate surface area is 42.3 Å². The molecule has 3 heteroatoms. The molecular formula is C2H6ClPS. The van der Waals surface area contributed by atoms with Crippen LogP contribution in [-0.2, 0) is 0 Å². The van der Waals surface area contributed by atoms with E-state index in [1.807, 2.05) is 0 Å². The molecule has 0 aromatic heterocycles. The van der Waals surface area contributed by atoms with Crippen molar-refractivity contribution in [3.8, 4) is 0 Å². The maximum atomic E-state index is 5.28. The summed E-state index contributed by atoms with van der Waals surface area (Å²) in [5.41, 5.74) is 0. The molecule has 0 aliphatic heterocycles. The van der Waals surface area contributed by atoms with Crippen molar-refractivity contribution in [1.29, 1.82) is 0 Å². The van der Waals surface area contributed by atoms with Gasteiger partial charge in [-0.15, -0.1) is 0 Å². The van der Waals surface area contributed by atoms with Gasteiger partial charge in [0.05, 0.1) is 0 Å². The molecule has 0 aliphatic rings. The fourth-order valence-corrected chi connectivity index (χ4v) is 0. The third kappa shape index (κ3) is 5.07. The van der Waals surface area contributed by atoms with Gasteiger partial charge < -0.3 is 0 Å². The summed E-state index contributed by atoms with van der Waals surface area (Å²) in [6, 6.07) is 0. The second-order valence-electron chi connectivity index (χ2n) is 0.881. The van der Waals surface area contributed by atoms with Crippen LogP contribution >= 0.6 is 28.4 Å². The Balaban J connectivity index is 2.54. The van der Waals surface area contributed by atoms with Crippen molar-refractivity contribution in [3.05, 3.63) is 0 Å². The number of rotatable bonds is 1. The maximum absolute atomic E-state index is 5.28. The minimum Gasteiger partial charge on any atom is -0.0394 e. The zero-order chi connectivity index (χ0) is 4.28. The molecule has 0 heterocycles. The van der Waals surface area contributed by atoms with Crippen LogP contribution in [0.15, 0.2) is 0 Å². The molecule has 0 N–H and O–H groups in total. The zero-order valence-electron chi connectivity index (χ0n) is 3.23.